The van der Waals surface area contributed by atoms with Crippen molar-refractivity contribution in [1.82, 2.24) is 15.1 Å². The quantitative estimate of drug-likeness (QED) is 0.530. The average molecular weight is 403 g/mol. The van der Waals surface area contributed by atoms with Crippen LogP contribution in [0.4, 0.5) is 5.69 Å². The van der Waals surface area contributed by atoms with Crippen molar-refractivity contribution < 1.29 is 4.42 Å². The number of para-hydroxylation sites is 1. The second-order valence-electron chi connectivity index (χ2n) is 7.56. The minimum absolute atomic E-state index is 0.507. The van der Waals surface area contributed by atoms with E-state index in [0.29, 0.717) is 24.2 Å². The van der Waals surface area contributed by atoms with Gasteiger partial charge < -0.3 is 9.73 Å². The summed E-state index contributed by atoms with van der Waals surface area (Å²) in [7, 11) is 0. The fraction of sp³-hybridized carbons (Fsp3) is 0.304. The van der Waals surface area contributed by atoms with Crippen LogP contribution in [-0.4, -0.2) is 34.7 Å². The van der Waals surface area contributed by atoms with E-state index in [0.717, 1.165) is 42.9 Å². The molecule has 2 N–H and O–H groups in total. The lowest BCUT2D eigenvalue weighted by Crippen LogP contribution is -2.34. The third-order valence-corrected chi connectivity index (χ3v) is 5.43. The molecular weight excluding hydrogens is 376 g/mol. The van der Waals surface area contributed by atoms with Gasteiger partial charge in [0.05, 0.1) is 5.70 Å². The number of anilines is 1. The van der Waals surface area contributed by atoms with Crippen LogP contribution < -0.4 is 5.32 Å². The second kappa shape index (κ2) is 9.45. The molecule has 7 nitrogen and oxygen atoms in total. The Balaban J connectivity index is 1.34. The van der Waals surface area contributed by atoms with E-state index in [2.05, 4.69) is 43.7 Å². The molecule has 3 aromatic rings. The number of aryl methyl sites for hydroxylation is 1. The fourth-order valence-corrected chi connectivity index (χ4v) is 3.81. The molecule has 0 unspecified atom stereocenters. The second-order valence-corrected chi connectivity index (χ2v) is 7.56. The average Bonchev–Trinajstić information content (AvgIpc) is 3.24. The van der Waals surface area contributed by atoms with Gasteiger partial charge in [0.25, 0.3) is 0 Å². The summed E-state index contributed by atoms with van der Waals surface area (Å²) >= 11 is 0. The van der Waals surface area contributed by atoms with Crippen LogP contribution in [0.3, 0.4) is 0 Å². The summed E-state index contributed by atoms with van der Waals surface area (Å²) in [4.78, 5) is 2.36. The molecule has 0 aliphatic carbocycles. The van der Waals surface area contributed by atoms with Gasteiger partial charge in [-0.15, -0.1) is 10.2 Å². The molecule has 1 aliphatic heterocycles. The Morgan fingerprint density at radius 3 is 2.67 bits per heavy atom. The van der Waals surface area contributed by atoms with Crippen LogP contribution in [0.1, 0.15) is 30.2 Å². The maximum Gasteiger partial charge on any atom is 0.247 e. The summed E-state index contributed by atoms with van der Waals surface area (Å²) in [6.07, 6.45) is 3.97. The molecular formula is C23H26N6O. The number of likely N-dealkylation sites (tertiary alicyclic amines) is 1. The van der Waals surface area contributed by atoms with E-state index in [1.165, 1.54) is 5.56 Å². The number of benzene rings is 2. The number of nitrogens with one attached hydrogen (secondary N) is 2. The van der Waals surface area contributed by atoms with Crippen LogP contribution in [0.5, 0.6) is 0 Å². The van der Waals surface area contributed by atoms with E-state index in [4.69, 9.17) is 9.95 Å². The van der Waals surface area contributed by atoms with Gasteiger partial charge in [0.1, 0.15) is 0 Å². The van der Waals surface area contributed by atoms with E-state index < -0.39 is 0 Å². The minimum atomic E-state index is 0.507. The largest absolute Gasteiger partial charge is 0.421 e. The van der Waals surface area contributed by atoms with E-state index in [-0.39, 0.29) is 0 Å². The normalized spacial score (nSPS) is 15.8. The van der Waals surface area contributed by atoms with Crippen molar-refractivity contribution in [1.29, 1.82) is 5.53 Å². The molecule has 0 spiro atoms. The number of aromatic nitrogens is 2. The zero-order valence-electron chi connectivity index (χ0n) is 17.1. The van der Waals surface area contributed by atoms with Crippen molar-refractivity contribution in [3.8, 4) is 11.5 Å². The Morgan fingerprint density at radius 2 is 1.97 bits per heavy atom. The van der Waals surface area contributed by atoms with Crippen molar-refractivity contribution in [2.75, 3.05) is 25.0 Å². The van der Waals surface area contributed by atoms with Gasteiger partial charge >= 0.3 is 0 Å². The molecule has 7 heteroatoms. The highest BCUT2D eigenvalue weighted by Crippen LogP contribution is 2.31. The SMILES string of the molecule is Cc1nnc(-c2cccc(C3CCN(C/C(=C/Nc4ccccc4)N=N)CC3)c2)o1. The van der Waals surface area contributed by atoms with Crippen LogP contribution in [0.15, 0.2) is 76.0 Å². The smallest absolute Gasteiger partial charge is 0.247 e. The van der Waals surface area contributed by atoms with Crippen LogP contribution >= 0.6 is 0 Å². The van der Waals surface area contributed by atoms with Crippen LogP contribution in [0, 0.1) is 12.5 Å². The molecule has 1 fully saturated rings. The Labute approximate surface area is 176 Å². The van der Waals surface area contributed by atoms with Crippen LogP contribution in [-0.2, 0) is 0 Å². The molecule has 1 saturated heterocycles. The van der Waals surface area contributed by atoms with Gasteiger partial charge in [-0.2, -0.15) is 5.11 Å². The molecule has 0 amide bonds. The molecule has 4 rings (SSSR count). The maximum atomic E-state index is 7.50. The number of nitrogens with zero attached hydrogens (tertiary/aromatic N) is 4. The standard InChI is InChI=1S/C23H26N6O/c1-17-27-28-23(30-17)20-7-5-6-19(14-20)18-10-12-29(13-11-18)16-22(26-24)15-25-21-8-3-2-4-9-21/h2-9,14-15,18,24-25H,10-13,16H2,1H3/b22-15-,26-24?. The summed E-state index contributed by atoms with van der Waals surface area (Å²) in [5.74, 6) is 1.66. The number of hydrogen-bond donors (Lipinski definition) is 2. The molecule has 0 radical (unpaired) electrons. The third kappa shape index (κ3) is 4.99. The highest BCUT2D eigenvalue weighted by Gasteiger charge is 2.22. The van der Waals surface area contributed by atoms with E-state index in [9.17, 15) is 0 Å². The summed E-state index contributed by atoms with van der Waals surface area (Å²) in [5.41, 5.74) is 11.5. The molecule has 1 aliphatic rings. The predicted octanol–water partition coefficient (Wildman–Crippen LogP) is 5.21. The monoisotopic (exact) mass is 402 g/mol. The summed E-state index contributed by atoms with van der Waals surface area (Å²) in [5, 5.41) is 15.0. The first-order chi connectivity index (χ1) is 14.7. The first kappa shape index (κ1) is 20.0. The summed E-state index contributed by atoms with van der Waals surface area (Å²) < 4.78 is 5.57. The minimum Gasteiger partial charge on any atom is -0.421 e. The van der Waals surface area contributed by atoms with Crippen molar-refractivity contribution >= 4 is 5.69 Å². The molecule has 1 aromatic heterocycles. The Bertz CT molecular complexity index is 1010. The molecule has 30 heavy (non-hydrogen) atoms. The molecule has 2 aromatic carbocycles. The zero-order chi connectivity index (χ0) is 20.8. The Morgan fingerprint density at radius 1 is 1.17 bits per heavy atom. The maximum absolute atomic E-state index is 7.50. The molecule has 0 saturated carbocycles. The fourth-order valence-electron chi connectivity index (χ4n) is 3.81. The van der Waals surface area contributed by atoms with Crippen molar-refractivity contribution in [3.63, 3.8) is 0 Å². The van der Waals surface area contributed by atoms with Crippen molar-refractivity contribution in [2.24, 2.45) is 5.11 Å². The van der Waals surface area contributed by atoms with Gasteiger partial charge in [-0.1, -0.05) is 30.3 Å². The Kier molecular flexibility index (Phi) is 6.29. The lowest BCUT2D eigenvalue weighted by atomic mass is 9.88. The lowest BCUT2D eigenvalue weighted by molar-refractivity contribution is 0.227. The zero-order valence-corrected chi connectivity index (χ0v) is 17.1. The van der Waals surface area contributed by atoms with E-state index >= 15 is 0 Å². The van der Waals surface area contributed by atoms with Gasteiger partial charge in [0, 0.05) is 30.9 Å². The number of hydrogen-bond acceptors (Lipinski definition) is 7. The van der Waals surface area contributed by atoms with Gasteiger partial charge in [-0.25, -0.2) is 5.53 Å². The first-order valence-corrected chi connectivity index (χ1v) is 10.2. The van der Waals surface area contributed by atoms with E-state index in [1.54, 1.807) is 6.92 Å². The topological polar surface area (TPSA) is 90.4 Å². The highest BCUT2D eigenvalue weighted by molar-refractivity contribution is 5.54. The van der Waals surface area contributed by atoms with E-state index in [1.807, 2.05) is 42.6 Å². The van der Waals surface area contributed by atoms with Gasteiger partial charge in [-0.3, -0.25) is 4.90 Å². The number of rotatable bonds is 7. The highest BCUT2D eigenvalue weighted by atomic mass is 16.4. The van der Waals surface area contributed by atoms with Crippen LogP contribution in [0.2, 0.25) is 0 Å². The first-order valence-electron chi connectivity index (χ1n) is 10.2. The molecule has 0 atom stereocenters. The van der Waals surface area contributed by atoms with Gasteiger partial charge in [0.2, 0.25) is 11.8 Å². The summed E-state index contributed by atoms with van der Waals surface area (Å²) in [6.45, 7) is 4.44. The van der Waals surface area contributed by atoms with Gasteiger partial charge in [0.15, 0.2) is 0 Å². The molecule has 2 heterocycles. The molecule has 0 bridgehead atoms. The van der Waals surface area contributed by atoms with Gasteiger partial charge in [-0.05, 0) is 61.7 Å². The third-order valence-electron chi connectivity index (χ3n) is 5.43. The van der Waals surface area contributed by atoms with Crippen molar-refractivity contribution in [2.45, 2.75) is 25.7 Å². The summed E-state index contributed by atoms with van der Waals surface area (Å²) in [6, 6.07) is 18.3. The van der Waals surface area contributed by atoms with Crippen molar-refractivity contribution in [3.05, 3.63) is 77.9 Å². The molecule has 154 valence electrons. The lowest BCUT2D eigenvalue weighted by Gasteiger charge is -2.32. The number of piperidine rings is 1. The predicted molar refractivity (Wildman–Crippen MR) is 116 cm³/mol. The Hall–Kier alpha value is -3.32. The van der Waals surface area contributed by atoms with Crippen LogP contribution in [0.25, 0.3) is 11.5 Å².